The predicted octanol–water partition coefficient (Wildman–Crippen LogP) is 1.94. The van der Waals surface area contributed by atoms with E-state index in [4.69, 9.17) is 0 Å². The zero-order valence-corrected chi connectivity index (χ0v) is 10.5. The van der Waals surface area contributed by atoms with Crippen molar-refractivity contribution in [3.63, 3.8) is 0 Å². The molecule has 7 heteroatoms. The minimum Gasteiger partial charge on any atom is -0.464 e. The highest BCUT2D eigenvalue weighted by atomic mass is 16.6. The maximum Gasteiger partial charge on any atom is 0.354 e. The quantitative estimate of drug-likeness (QED) is 0.397. The van der Waals surface area contributed by atoms with Crippen LogP contribution in [0.25, 0.3) is 0 Å². The Kier molecular flexibility index (Phi) is 3.60. The molecule has 0 aliphatic heterocycles. The summed E-state index contributed by atoms with van der Waals surface area (Å²) < 4.78 is 4.51. The summed E-state index contributed by atoms with van der Waals surface area (Å²) >= 11 is 0. The van der Waals surface area contributed by atoms with E-state index in [0.717, 1.165) is 0 Å². The second-order valence-corrected chi connectivity index (χ2v) is 3.90. The molecule has 2 aromatic rings. The van der Waals surface area contributed by atoms with Crippen LogP contribution in [0.5, 0.6) is 0 Å². The number of benzene rings is 1. The van der Waals surface area contributed by atoms with Gasteiger partial charge in [-0.05, 0) is 12.1 Å². The number of ketones is 1. The number of nitro groups is 1. The molecule has 1 heterocycles. The Bertz CT molecular complexity index is 690. The lowest BCUT2D eigenvalue weighted by molar-refractivity contribution is -0.385. The Balaban J connectivity index is 2.39. The Hall–Kier alpha value is -2.96. The van der Waals surface area contributed by atoms with Crippen molar-refractivity contribution in [1.29, 1.82) is 0 Å². The van der Waals surface area contributed by atoms with Gasteiger partial charge < -0.3 is 9.72 Å². The number of ether oxygens (including phenoxy) is 1. The summed E-state index contributed by atoms with van der Waals surface area (Å²) in [5.41, 5.74) is -0.0552. The van der Waals surface area contributed by atoms with Gasteiger partial charge in [0.15, 0.2) is 0 Å². The van der Waals surface area contributed by atoms with E-state index in [1.54, 1.807) is 0 Å². The molecule has 0 radical (unpaired) electrons. The second-order valence-electron chi connectivity index (χ2n) is 3.90. The van der Waals surface area contributed by atoms with Crippen LogP contribution in [0.15, 0.2) is 36.5 Å². The van der Waals surface area contributed by atoms with E-state index in [0.29, 0.717) is 0 Å². The molecule has 0 aliphatic rings. The predicted molar refractivity (Wildman–Crippen MR) is 68.7 cm³/mol. The molecule has 2 rings (SSSR count). The highest BCUT2D eigenvalue weighted by Gasteiger charge is 2.22. The van der Waals surface area contributed by atoms with Crippen molar-refractivity contribution in [3.8, 4) is 0 Å². The standard InChI is InChI=1S/C13H10N2O5/c1-20-13(17)10-6-8(7-14-10)12(16)9-4-2-3-5-11(9)15(18)19/h2-7,14H,1H3. The first-order valence-electron chi connectivity index (χ1n) is 5.59. The van der Waals surface area contributed by atoms with Crippen LogP contribution in [0.3, 0.4) is 0 Å². The van der Waals surface area contributed by atoms with Crippen LogP contribution in [0, 0.1) is 10.1 Å². The summed E-state index contributed by atoms with van der Waals surface area (Å²) in [7, 11) is 1.21. The average molecular weight is 274 g/mol. The lowest BCUT2D eigenvalue weighted by atomic mass is 10.0. The zero-order valence-electron chi connectivity index (χ0n) is 10.5. The number of aromatic amines is 1. The molecule has 7 nitrogen and oxygen atoms in total. The molecule has 0 saturated carbocycles. The fourth-order valence-electron chi connectivity index (χ4n) is 1.73. The third-order valence-corrected chi connectivity index (χ3v) is 2.70. The van der Waals surface area contributed by atoms with E-state index in [1.165, 1.54) is 43.6 Å². The Morgan fingerprint density at radius 2 is 2.00 bits per heavy atom. The van der Waals surface area contributed by atoms with Crippen LogP contribution in [0.1, 0.15) is 26.4 Å². The molecular formula is C13H10N2O5. The number of nitro benzene ring substituents is 1. The largest absolute Gasteiger partial charge is 0.464 e. The summed E-state index contributed by atoms with van der Waals surface area (Å²) in [5.74, 6) is -1.16. The Morgan fingerprint density at radius 1 is 1.30 bits per heavy atom. The van der Waals surface area contributed by atoms with Crippen molar-refractivity contribution in [2.24, 2.45) is 0 Å². The number of hydrogen-bond donors (Lipinski definition) is 1. The van der Waals surface area contributed by atoms with Crippen LogP contribution in [-0.2, 0) is 4.74 Å². The van der Waals surface area contributed by atoms with Crippen molar-refractivity contribution in [2.75, 3.05) is 7.11 Å². The molecule has 0 amide bonds. The number of esters is 1. The molecular weight excluding hydrogens is 264 g/mol. The molecule has 0 fully saturated rings. The topological polar surface area (TPSA) is 102 Å². The lowest BCUT2D eigenvalue weighted by Gasteiger charge is -1.99. The van der Waals surface area contributed by atoms with Gasteiger partial charge in [-0.3, -0.25) is 14.9 Å². The highest BCUT2D eigenvalue weighted by molar-refractivity contribution is 6.12. The fourth-order valence-corrected chi connectivity index (χ4v) is 1.73. The van der Waals surface area contributed by atoms with Crippen molar-refractivity contribution >= 4 is 17.4 Å². The number of nitrogens with zero attached hydrogens (tertiary/aromatic N) is 1. The number of methoxy groups -OCH3 is 1. The second kappa shape index (κ2) is 5.35. The molecule has 1 aromatic heterocycles. The summed E-state index contributed by atoms with van der Waals surface area (Å²) in [6.45, 7) is 0. The van der Waals surface area contributed by atoms with Gasteiger partial charge in [0.1, 0.15) is 11.3 Å². The number of para-hydroxylation sites is 1. The van der Waals surface area contributed by atoms with Gasteiger partial charge >= 0.3 is 5.97 Å². The number of hydrogen-bond acceptors (Lipinski definition) is 5. The molecule has 0 aliphatic carbocycles. The number of carbonyl (C=O) groups excluding carboxylic acids is 2. The summed E-state index contributed by atoms with van der Waals surface area (Å²) in [4.78, 5) is 36.4. The van der Waals surface area contributed by atoms with Gasteiger partial charge in [0, 0.05) is 17.8 Å². The van der Waals surface area contributed by atoms with Gasteiger partial charge in [-0.1, -0.05) is 12.1 Å². The van der Waals surface area contributed by atoms with E-state index in [1.807, 2.05) is 0 Å². The van der Waals surface area contributed by atoms with Crippen molar-refractivity contribution < 1.29 is 19.2 Å². The minimum atomic E-state index is -0.624. The number of rotatable bonds is 4. The highest BCUT2D eigenvalue weighted by Crippen LogP contribution is 2.21. The molecule has 0 bridgehead atoms. The zero-order chi connectivity index (χ0) is 14.7. The van der Waals surface area contributed by atoms with Gasteiger partial charge in [0.25, 0.3) is 5.69 Å². The lowest BCUT2D eigenvalue weighted by Crippen LogP contribution is -2.04. The molecule has 0 spiro atoms. The van der Waals surface area contributed by atoms with E-state index in [-0.39, 0.29) is 22.5 Å². The maximum absolute atomic E-state index is 12.2. The third-order valence-electron chi connectivity index (χ3n) is 2.70. The Labute approximate surface area is 113 Å². The van der Waals surface area contributed by atoms with Crippen LogP contribution < -0.4 is 0 Å². The van der Waals surface area contributed by atoms with Crippen molar-refractivity contribution in [1.82, 2.24) is 4.98 Å². The minimum absolute atomic E-state index is 0.0343. The normalized spacial score (nSPS) is 10.1. The Morgan fingerprint density at radius 3 is 2.65 bits per heavy atom. The van der Waals surface area contributed by atoms with Crippen molar-refractivity contribution in [3.05, 3.63) is 63.5 Å². The van der Waals surface area contributed by atoms with Crippen LogP contribution in [-0.4, -0.2) is 28.8 Å². The first-order chi connectivity index (χ1) is 9.54. The molecule has 0 unspecified atom stereocenters. The number of nitrogens with one attached hydrogen (secondary N) is 1. The van der Waals surface area contributed by atoms with Crippen LogP contribution in [0.2, 0.25) is 0 Å². The van der Waals surface area contributed by atoms with E-state index >= 15 is 0 Å². The number of aromatic nitrogens is 1. The molecule has 1 N–H and O–H groups in total. The summed E-state index contributed by atoms with van der Waals surface area (Å²) in [6, 6.07) is 6.93. The first kappa shape index (κ1) is 13.5. The third kappa shape index (κ3) is 2.41. The first-order valence-corrected chi connectivity index (χ1v) is 5.59. The molecule has 20 heavy (non-hydrogen) atoms. The van der Waals surface area contributed by atoms with E-state index in [9.17, 15) is 19.7 Å². The van der Waals surface area contributed by atoms with E-state index < -0.39 is 16.7 Å². The molecule has 1 aromatic carbocycles. The van der Waals surface area contributed by atoms with Crippen LogP contribution in [0.4, 0.5) is 5.69 Å². The summed E-state index contributed by atoms with van der Waals surface area (Å²) in [6.07, 6.45) is 1.31. The monoisotopic (exact) mass is 274 g/mol. The number of H-pyrrole nitrogens is 1. The molecule has 102 valence electrons. The maximum atomic E-state index is 12.2. The van der Waals surface area contributed by atoms with Gasteiger partial charge in [-0.2, -0.15) is 0 Å². The number of carbonyl (C=O) groups is 2. The van der Waals surface area contributed by atoms with Gasteiger partial charge in [0.05, 0.1) is 12.0 Å². The van der Waals surface area contributed by atoms with Gasteiger partial charge in [-0.25, -0.2) is 4.79 Å². The smallest absolute Gasteiger partial charge is 0.354 e. The molecule has 0 saturated heterocycles. The SMILES string of the molecule is COC(=O)c1cc(C(=O)c2ccccc2[N+](=O)[O-])c[nH]1. The van der Waals surface area contributed by atoms with Gasteiger partial charge in [-0.15, -0.1) is 0 Å². The van der Waals surface area contributed by atoms with E-state index in [2.05, 4.69) is 9.72 Å². The van der Waals surface area contributed by atoms with Gasteiger partial charge in [0.2, 0.25) is 5.78 Å². The molecule has 0 atom stereocenters. The summed E-state index contributed by atoms with van der Waals surface area (Å²) in [5, 5.41) is 10.9. The van der Waals surface area contributed by atoms with Crippen LogP contribution >= 0.6 is 0 Å². The van der Waals surface area contributed by atoms with Crippen molar-refractivity contribution in [2.45, 2.75) is 0 Å². The average Bonchev–Trinajstić information content (AvgIpc) is 2.95. The fraction of sp³-hybridized carbons (Fsp3) is 0.0769.